The van der Waals surface area contributed by atoms with E-state index in [1.807, 2.05) is 0 Å². The van der Waals surface area contributed by atoms with Crippen molar-refractivity contribution in [1.29, 1.82) is 0 Å². The summed E-state index contributed by atoms with van der Waals surface area (Å²) in [6.07, 6.45) is 0. The van der Waals surface area contributed by atoms with Crippen molar-refractivity contribution >= 4 is 11.7 Å². The van der Waals surface area contributed by atoms with Gasteiger partial charge in [0.25, 0.3) is 0 Å². The molecule has 2 atom stereocenters. The SMILES string of the molecule is Cc1cc([N+](=O)[O-])nn1C(C)C(C)C(=O)NN. The summed E-state index contributed by atoms with van der Waals surface area (Å²) in [6, 6.07) is 1.05. The summed E-state index contributed by atoms with van der Waals surface area (Å²) < 4.78 is 1.46. The minimum atomic E-state index is -0.566. The van der Waals surface area contributed by atoms with Gasteiger partial charge in [-0.05, 0) is 18.8 Å². The molecule has 0 aromatic carbocycles. The molecule has 1 aromatic heterocycles. The zero-order valence-corrected chi connectivity index (χ0v) is 9.88. The Balaban J connectivity index is 2.99. The van der Waals surface area contributed by atoms with Gasteiger partial charge in [0.1, 0.15) is 0 Å². The van der Waals surface area contributed by atoms with Crippen LogP contribution in [0.3, 0.4) is 0 Å². The first-order valence-electron chi connectivity index (χ1n) is 5.09. The van der Waals surface area contributed by atoms with Crippen molar-refractivity contribution in [2.24, 2.45) is 11.8 Å². The van der Waals surface area contributed by atoms with Crippen LogP contribution in [0.25, 0.3) is 0 Å². The van der Waals surface area contributed by atoms with E-state index in [0.29, 0.717) is 5.69 Å². The number of nitrogens with two attached hydrogens (primary N) is 1. The maximum Gasteiger partial charge on any atom is 0.390 e. The van der Waals surface area contributed by atoms with Gasteiger partial charge >= 0.3 is 5.82 Å². The Morgan fingerprint density at radius 1 is 1.65 bits per heavy atom. The average molecular weight is 241 g/mol. The molecule has 0 aliphatic carbocycles. The predicted molar refractivity (Wildman–Crippen MR) is 59.8 cm³/mol. The van der Waals surface area contributed by atoms with Gasteiger partial charge in [0.2, 0.25) is 5.91 Å². The highest BCUT2D eigenvalue weighted by atomic mass is 16.6. The molecule has 94 valence electrons. The number of carbonyl (C=O) groups excluding carboxylic acids is 1. The molecule has 0 aliphatic rings. The number of hydrogen-bond donors (Lipinski definition) is 2. The predicted octanol–water partition coefficient (Wildman–Crippen LogP) is 0.287. The summed E-state index contributed by atoms with van der Waals surface area (Å²) in [4.78, 5) is 21.4. The molecule has 8 heteroatoms. The van der Waals surface area contributed by atoms with Crippen LogP contribution in [0.5, 0.6) is 0 Å². The van der Waals surface area contributed by atoms with Crippen molar-refractivity contribution in [2.75, 3.05) is 0 Å². The minimum Gasteiger partial charge on any atom is -0.358 e. The average Bonchev–Trinajstić information content (AvgIpc) is 2.68. The molecule has 0 radical (unpaired) electrons. The maximum atomic E-state index is 11.4. The van der Waals surface area contributed by atoms with E-state index in [1.165, 1.54) is 10.7 Å². The highest BCUT2D eigenvalue weighted by molar-refractivity contribution is 5.78. The highest BCUT2D eigenvalue weighted by Gasteiger charge is 2.27. The molecule has 0 aliphatic heterocycles. The number of nitrogens with zero attached hydrogens (tertiary/aromatic N) is 3. The Morgan fingerprint density at radius 2 is 2.24 bits per heavy atom. The van der Waals surface area contributed by atoms with Gasteiger partial charge in [-0.3, -0.25) is 10.2 Å². The summed E-state index contributed by atoms with van der Waals surface area (Å²) >= 11 is 0. The summed E-state index contributed by atoms with van der Waals surface area (Å²) in [5, 5.41) is 14.4. The third kappa shape index (κ3) is 2.59. The second-order valence-corrected chi connectivity index (χ2v) is 3.88. The second-order valence-electron chi connectivity index (χ2n) is 3.88. The number of carbonyl (C=O) groups is 1. The molecule has 3 N–H and O–H groups in total. The van der Waals surface area contributed by atoms with Crippen molar-refractivity contribution in [3.05, 3.63) is 21.9 Å². The van der Waals surface area contributed by atoms with Gasteiger partial charge in [0.05, 0.1) is 28.8 Å². The van der Waals surface area contributed by atoms with E-state index in [1.54, 1.807) is 20.8 Å². The molecule has 2 unspecified atom stereocenters. The first-order valence-corrected chi connectivity index (χ1v) is 5.09. The maximum absolute atomic E-state index is 11.4. The summed E-state index contributed by atoms with van der Waals surface area (Å²) in [5.41, 5.74) is 2.68. The molecule has 1 rings (SSSR count). The largest absolute Gasteiger partial charge is 0.390 e. The van der Waals surface area contributed by atoms with Gasteiger partial charge in [-0.25, -0.2) is 5.84 Å². The summed E-state index contributed by atoms with van der Waals surface area (Å²) in [5.74, 6) is 4.05. The van der Waals surface area contributed by atoms with Gasteiger partial charge in [-0.2, -0.15) is 4.68 Å². The molecule has 0 saturated heterocycles. The number of nitrogens with one attached hydrogen (secondary N) is 1. The standard InChI is InChI=1S/C9H15N5O3/c1-5-4-8(14(16)17)12-13(5)7(3)6(2)9(15)11-10/h4,6-7H,10H2,1-3H3,(H,11,15). The van der Waals surface area contributed by atoms with Gasteiger partial charge in [0.15, 0.2) is 0 Å². The van der Waals surface area contributed by atoms with Gasteiger partial charge < -0.3 is 10.1 Å². The number of hydrazine groups is 1. The topological polar surface area (TPSA) is 116 Å². The summed E-state index contributed by atoms with van der Waals surface area (Å²) in [6.45, 7) is 5.13. The molecule has 0 saturated carbocycles. The lowest BCUT2D eigenvalue weighted by Crippen LogP contribution is -2.38. The normalized spacial score (nSPS) is 14.1. The second kappa shape index (κ2) is 4.91. The third-order valence-electron chi connectivity index (χ3n) is 2.76. The number of aromatic nitrogens is 2. The zero-order valence-electron chi connectivity index (χ0n) is 9.88. The summed E-state index contributed by atoms with van der Waals surface area (Å²) in [7, 11) is 0. The van der Waals surface area contributed by atoms with Crippen molar-refractivity contribution in [1.82, 2.24) is 15.2 Å². The van der Waals surface area contributed by atoms with Gasteiger partial charge in [-0.15, -0.1) is 0 Å². The van der Waals surface area contributed by atoms with Crippen LogP contribution in [-0.4, -0.2) is 20.6 Å². The lowest BCUT2D eigenvalue weighted by molar-refractivity contribution is -0.389. The van der Waals surface area contributed by atoms with Crippen LogP contribution < -0.4 is 11.3 Å². The van der Waals surface area contributed by atoms with Gasteiger partial charge in [0, 0.05) is 0 Å². The Bertz CT molecular complexity index is 442. The number of amides is 1. The molecular weight excluding hydrogens is 226 g/mol. The Morgan fingerprint density at radius 3 is 2.65 bits per heavy atom. The molecule has 1 heterocycles. The van der Waals surface area contributed by atoms with E-state index in [0.717, 1.165) is 0 Å². The molecule has 8 nitrogen and oxygen atoms in total. The van der Waals surface area contributed by atoms with Crippen LogP contribution >= 0.6 is 0 Å². The fourth-order valence-electron chi connectivity index (χ4n) is 1.53. The van der Waals surface area contributed by atoms with Crippen LogP contribution in [0, 0.1) is 23.0 Å². The van der Waals surface area contributed by atoms with Crippen molar-refractivity contribution in [3.8, 4) is 0 Å². The van der Waals surface area contributed by atoms with E-state index in [2.05, 4.69) is 10.5 Å². The van der Waals surface area contributed by atoms with Crippen LogP contribution in [0.2, 0.25) is 0 Å². The van der Waals surface area contributed by atoms with E-state index in [4.69, 9.17) is 5.84 Å². The van der Waals surface area contributed by atoms with Crippen molar-refractivity contribution in [3.63, 3.8) is 0 Å². The fraction of sp³-hybridized carbons (Fsp3) is 0.556. The Labute approximate surface area is 97.9 Å². The Kier molecular flexibility index (Phi) is 3.79. The number of rotatable bonds is 4. The van der Waals surface area contributed by atoms with Crippen LogP contribution in [0.15, 0.2) is 6.07 Å². The first kappa shape index (κ1) is 13.1. The number of aryl methyl sites for hydroxylation is 1. The van der Waals surface area contributed by atoms with Crippen LogP contribution in [0.4, 0.5) is 5.82 Å². The van der Waals surface area contributed by atoms with E-state index in [-0.39, 0.29) is 17.8 Å². The quantitative estimate of drug-likeness (QED) is 0.340. The van der Waals surface area contributed by atoms with Crippen molar-refractivity contribution < 1.29 is 9.72 Å². The monoisotopic (exact) mass is 241 g/mol. The van der Waals surface area contributed by atoms with E-state index in [9.17, 15) is 14.9 Å². The van der Waals surface area contributed by atoms with E-state index >= 15 is 0 Å². The third-order valence-corrected chi connectivity index (χ3v) is 2.76. The fourth-order valence-corrected chi connectivity index (χ4v) is 1.53. The molecule has 1 amide bonds. The Hall–Kier alpha value is -1.96. The number of hydrogen-bond acceptors (Lipinski definition) is 5. The van der Waals surface area contributed by atoms with Crippen LogP contribution in [-0.2, 0) is 4.79 Å². The molecular formula is C9H15N5O3. The smallest absolute Gasteiger partial charge is 0.358 e. The van der Waals surface area contributed by atoms with Gasteiger partial charge in [-0.1, -0.05) is 6.92 Å². The minimum absolute atomic E-state index is 0.227. The lowest BCUT2D eigenvalue weighted by atomic mass is 10.0. The molecule has 1 aromatic rings. The van der Waals surface area contributed by atoms with Crippen LogP contribution in [0.1, 0.15) is 25.6 Å². The first-order chi connectivity index (χ1) is 7.88. The molecule has 0 spiro atoms. The lowest BCUT2D eigenvalue weighted by Gasteiger charge is -2.17. The molecule has 17 heavy (non-hydrogen) atoms. The van der Waals surface area contributed by atoms with Crippen molar-refractivity contribution in [2.45, 2.75) is 26.8 Å². The highest BCUT2D eigenvalue weighted by Crippen LogP contribution is 2.21. The molecule has 0 fully saturated rings. The number of nitro groups is 1. The van der Waals surface area contributed by atoms with E-state index < -0.39 is 10.8 Å². The zero-order chi connectivity index (χ0) is 13.2. The molecule has 0 bridgehead atoms.